The molecule has 144 valence electrons. The molecule has 4 rings (SSSR count). The molecule has 2 aromatic rings. The average Bonchev–Trinajstić information content (AvgIpc) is 2.98. The zero-order valence-corrected chi connectivity index (χ0v) is 17.3. The molecule has 0 radical (unpaired) electrons. The Kier molecular flexibility index (Phi) is 5.29. The molecule has 3 nitrogen and oxygen atoms in total. The number of hydrogen-bond acceptors (Lipinski definition) is 3. The summed E-state index contributed by atoms with van der Waals surface area (Å²) in [5.74, 6) is 0. The Hall–Kier alpha value is -1.41. The minimum atomic E-state index is -1.90. The van der Waals surface area contributed by atoms with E-state index >= 15 is 0 Å². The molecule has 2 aliphatic rings. The third kappa shape index (κ3) is 4.06. The molecule has 1 fully saturated rings. The van der Waals surface area contributed by atoms with Crippen LogP contribution in [-0.2, 0) is 14.9 Å². The number of fused-ring (bicyclic) bond motifs is 2. The highest BCUT2D eigenvalue weighted by Crippen LogP contribution is 2.51. The number of likely N-dealkylation sites (tertiary alicyclic amines) is 1. The summed E-state index contributed by atoms with van der Waals surface area (Å²) in [6.07, 6.45) is 3.98. The fourth-order valence-corrected chi connectivity index (χ4v) is 5.47. The van der Waals surface area contributed by atoms with Gasteiger partial charge in [0.25, 0.3) is 0 Å². The maximum absolute atomic E-state index is 11.9. The van der Waals surface area contributed by atoms with Crippen LogP contribution in [0.4, 0.5) is 0 Å². The number of hydrogen-bond donors (Lipinski definition) is 0. The van der Waals surface area contributed by atoms with Gasteiger partial charge in [0.1, 0.15) is 6.10 Å². The van der Waals surface area contributed by atoms with Crippen molar-refractivity contribution in [3.05, 3.63) is 71.3 Å². The topological polar surface area (TPSA) is 29.5 Å². The molecule has 4 heteroatoms. The Morgan fingerprint density at radius 1 is 1.04 bits per heavy atom. The highest BCUT2D eigenvalue weighted by atomic mass is 31.2. The molecule has 2 heterocycles. The second kappa shape index (κ2) is 7.54. The Morgan fingerprint density at radius 3 is 2.41 bits per heavy atom. The van der Waals surface area contributed by atoms with Crippen molar-refractivity contribution >= 4 is 7.14 Å². The summed E-state index contributed by atoms with van der Waals surface area (Å²) in [6, 6.07) is 19.3. The van der Waals surface area contributed by atoms with E-state index in [4.69, 9.17) is 4.74 Å². The van der Waals surface area contributed by atoms with E-state index < -0.39 is 7.14 Å². The van der Waals surface area contributed by atoms with Gasteiger partial charge in [-0.05, 0) is 55.8 Å². The van der Waals surface area contributed by atoms with E-state index in [1.165, 1.54) is 16.7 Å². The van der Waals surface area contributed by atoms with Crippen molar-refractivity contribution in [2.75, 3.05) is 39.1 Å². The molecule has 0 amide bonds. The molecule has 2 aromatic carbocycles. The van der Waals surface area contributed by atoms with Crippen molar-refractivity contribution in [3.63, 3.8) is 0 Å². The predicted octanol–water partition coefficient (Wildman–Crippen LogP) is 5.11. The number of piperidine rings is 1. The monoisotopic (exact) mass is 383 g/mol. The summed E-state index contributed by atoms with van der Waals surface area (Å²) >= 11 is 0. The fraction of sp³-hybridized carbons (Fsp3) is 0.478. The standard InChI is InChI=1S/C23H30NO2P/c1-27(2,25)18-8-15-24-16-13-23(14-17-24)21-12-7-6-11-20(21)22(26-23)19-9-4-3-5-10-19/h3-7,9-12,22H,8,13-18H2,1-2H3. The van der Waals surface area contributed by atoms with Gasteiger partial charge in [-0.2, -0.15) is 0 Å². The molecule has 0 saturated carbocycles. The van der Waals surface area contributed by atoms with Crippen LogP contribution in [0.15, 0.2) is 54.6 Å². The molecule has 1 atom stereocenters. The van der Waals surface area contributed by atoms with E-state index in [0.717, 1.165) is 45.1 Å². The molecule has 0 aromatic heterocycles. The Bertz CT molecular complexity index is 821. The molecule has 2 aliphatic heterocycles. The maximum atomic E-state index is 11.9. The summed E-state index contributed by atoms with van der Waals surface area (Å²) in [5, 5.41) is 0. The van der Waals surface area contributed by atoms with Crippen molar-refractivity contribution in [1.29, 1.82) is 0 Å². The maximum Gasteiger partial charge on any atom is 0.109 e. The minimum Gasteiger partial charge on any atom is -0.358 e. The van der Waals surface area contributed by atoms with Crippen molar-refractivity contribution < 1.29 is 9.30 Å². The molecular weight excluding hydrogens is 353 g/mol. The van der Waals surface area contributed by atoms with Gasteiger partial charge in [0.2, 0.25) is 0 Å². The SMILES string of the molecule is CP(C)(=O)CCCN1CCC2(CC1)OC(c1ccccc1)c1ccccc12. The van der Waals surface area contributed by atoms with Crippen LogP contribution >= 0.6 is 7.14 Å². The van der Waals surface area contributed by atoms with Gasteiger partial charge < -0.3 is 14.2 Å². The zero-order chi connectivity index (χ0) is 18.9. The van der Waals surface area contributed by atoms with Crippen molar-refractivity contribution in [3.8, 4) is 0 Å². The lowest BCUT2D eigenvalue weighted by Crippen LogP contribution is -2.43. The van der Waals surface area contributed by atoms with Gasteiger partial charge in [-0.15, -0.1) is 0 Å². The highest BCUT2D eigenvalue weighted by Gasteiger charge is 2.46. The van der Waals surface area contributed by atoms with E-state index in [1.807, 2.05) is 13.3 Å². The van der Waals surface area contributed by atoms with Crippen molar-refractivity contribution in [1.82, 2.24) is 4.90 Å². The lowest BCUT2D eigenvalue weighted by Gasteiger charge is -2.40. The second-order valence-corrected chi connectivity index (χ2v) is 12.1. The number of nitrogens with zero attached hydrogens (tertiary/aromatic N) is 1. The largest absolute Gasteiger partial charge is 0.358 e. The van der Waals surface area contributed by atoms with Crippen LogP contribution in [0.25, 0.3) is 0 Å². The number of rotatable bonds is 5. The normalized spacial score (nSPS) is 22.1. The van der Waals surface area contributed by atoms with Crippen LogP contribution in [0, 0.1) is 0 Å². The molecule has 0 bridgehead atoms. The van der Waals surface area contributed by atoms with Gasteiger partial charge in [-0.3, -0.25) is 0 Å². The van der Waals surface area contributed by atoms with Gasteiger partial charge in [-0.1, -0.05) is 54.6 Å². The third-order valence-electron chi connectivity index (χ3n) is 6.01. The Morgan fingerprint density at radius 2 is 1.70 bits per heavy atom. The van der Waals surface area contributed by atoms with Crippen LogP contribution in [0.2, 0.25) is 0 Å². The molecule has 1 saturated heterocycles. The first-order valence-corrected chi connectivity index (χ1v) is 12.8. The van der Waals surface area contributed by atoms with Crippen molar-refractivity contribution in [2.24, 2.45) is 0 Å². The summed E-state index contributed by atoms with van der Waals surface area (Å²) in [6.45, 7) is 6.93. The lowest BCUT2D eigenvalue weighted by atomic mass is 9.83. The average molecular weight is 383 g/mol. The summed E-state index contributed by atoms with van der Waals surface area (Å²) in [7, 11) is -1.90. The summed E-state index contributed by atoms with van der Waals surface area (Å²) in [4.78, 5) is 2.52. The first-order valence-electron chi connectivity index (χ1n) is 10.1. The molecule has 0 N–H and O–H groups in total. The van der Waals surface area contributed by atoms with Crippen LogP contribution in [0.1, 0.15) is 42.1 Å². The van der Waals surface area contributed by atoms with E-state index in [2.05, 4.69) is 59.5 Å². The van der Waals surface area contributed by atoms with Crippen LogP contribution in [0.3, 0.4) is 0 Å². The smallest absolute Gasteiger partial charge is 0.109 e. The van der Waals surface area contributed by atoms with Crippen molar-refractivity contribution in [2.45, 2.75) is 31.0 Å². The number of ether oxygens (including phenoxy) is 1. The summed E-state index contributed by atoms with van der Waals surface area (Å²) < 4.78 is 18.7. The zero-order valence-electron chi connectivity index (χ0n) is 16.4. The molecule has 27 heavy (non-hydrogen) atoms. The molecule has 0 aliphatic carbocycles. The van der Waals surface area contributed by atoms with Gasteiger partial charge in [0.05, 0.1) is 12.7 Å². The first-order chi connectivity index (χ1) is 13.0. The number of benzene rings is 2. The minimum absolute atomic E-state index is 0.0417. The molecule has 1 spiro atoms. The highest BCUT2D eigenvalue weighted by molar-refractivity contribution is 7.62. The summed E-state index contributed by atoms with van der Waals surface area (Å²) in [5.41, 5.74) is 3.80. The van der Waals surface area contributed by atoms with E-state index in [1.54, 1.807) is 0 Å². The molecular formula is C23H30NO2P. The van der Waals surface area contributed by atoms with Crippen LogP contribution in [0.5, 0.6) is 0 Å². The van der Waals surface area contributed by atoms with Gasteiger partial charge >= 0.3 is 0 Å². The van der Waals surface area contributed by atoms with Gasteiger partial charge in [0, 0.05) is 19.3 Å². The lowest BCUT2D eigenvalue weighted by molar-refractivity contribution is -0.0967. The fourth-order valence-electron chi connectivity index (χ4n) is 4.57. The van der Waals surface area contributed by atoms with E-state index in [-0.39, 0.29) is 11.7 Å². The second-order valence-electron chi connectivity index (χ2n) is 8.48. The molecule has 1 unspecified atom stereocenters. The van der Waals surface area contributed by atoms with Gasteiger partial charge in [-0.25, -0.2) is 0 Å². The van der Waals surface area contributed by atoms with E-state index in [0.29, 0.717) is 0 Å². The predicted molar refractivity (Wildman–Crippen MR) is 112 cm³/mol. The Labute approximate surface area is 163 Å². The van der Waals surface area contributed by atoms with Crippen LogP contribution < -0.4 is 0 Å². The quantitative estimate of drug-likeness (QED) is 0.672. The van der Waals surface area contributed by atoms with Gasteiger partial charge in [0.15, 0.2) is 0 Å². The van der Waals surface area contributed by atoms with Crippen LogP contribution in [-0.4, -0.2) is 44.0 Å². The third-order valence-corrected chi connectivity index (χ3v) is 7.41. The Balaban J connectivity index is 1.48. The van der Waals surface area contributed by atoms with E-state index in [9.17, 15) is 4.57 Å². The first kappa shape index (κ1) is 18.9.